The van der Waals surface area contributed by atoms with Crippen LogP contribution in [0.25, 0.3) is 15.9 Å². The summed E-state index contributed by atoms with van der Waals surface area (Å²) in [6.07, 6.45) is 1.65. The van der Waals surface area contributed by atoms with Crippen molar-refractivity contribution in [3.8, 4) is 0 Å². The summed E-state index contributed by atoms with van der Waals surface area (Å²) in [5, 5.41) is 2.57. The van der Waals surface area contributed by atoms with Crippen molar-refractivity contribution >= 4 is 33.2 Å². The summed E-state index contributed by atoms with van der Waals surface area (Å²) in [6, 6.07) is 8.67. The summed E-state index contributed by atoms with van der Waals surface area (Å²) in [5.41, 5.74) is 1.39. The number of ether oxygens (including phenoxy) is 2. The van der Waals surface area contributed by atoms with Crippen LogP contribution < -0.4 is 5.56 Å². The zero-order chi connectivity index (χ0) is 18.1. The summed E-state index contributed by atoms with van der Waals surface area (Å²) < 4.78 is 17.6. The van der Waals surface area contributed by atoms with Gasteiger partial charge < -0.3 is 13.9 Å². The minimum Gasteiger partial charge on any atom is -0.453 e. The third kappa shape index (κ3) is 2.89. The molecule has 3 heterocycles. The highest BCUT2D eigenvalue weighted by molar-refractivity contribution is 7.15. The predicted octanol–water partition coefficient (Wildman–Crippen LogP) is 3.01. The molecular formula is C18H14N2O5S. The highest BCUT2D eigenvalue weighted by Crippen LogP contribution is 2.27. The number of benzene rings is 1. The third-order valence-corrected chi connectivity index (χ3v) is 4.64. The average molecular weight is 370 g/mol. The Balaban J connectivity index is 1.60. The van der Waals surface area contributed by atoms with Crippen LogP contribution in [0.1, 0.15) is 21.8 Å². The fraction of sp³-hybridized carbons (Fsp3) is 0.167. The molecule has 0 saturated carbocycles. The molecule has 0 unspecified atom stereocenters. The van der Waals surface area contributed by atoms with Gasteiger partial charge in [0.2, 0.25) is 5.76 Å². The fourth-order valence-electron chi connectivity index (χ4n) is 2.72. The molecule has 0 saturated heterocycles. The number of carbonyl (C=O) groups excluding carboxylic acids is 1. The molecule has 26 heavy (non-hydrogen) atoms. The van der Waals surface area contributed by atoms with E-state index in [-0.39, 0.29) is 24.5 Å². The van der Waals surface area contributed by atoms with Gasteiger partial charge in [0.25, 0.3) is 5.56 Å². The Morgan fingerprint density at radius 1 is 1.31 bits per heavy atom. The van der Waals surface area contributed by atoms with Crippen LogP contribution in [-0.2, 0) is 22.7 Å². The van der Waals surface area contributed by atoms with Gasteiger partial charge in [-0.15, -0.1) is 11.3 Å². The van der Waals surface area contributed by atoms with Crippen molar-refractivity contribution < 1.29 is 18.7 Å². The number of hydrogen-bond acceptors (Lipinski definition) is 7. The molecule has 7 nitrogen and oxygen atoms in total. The van der Waals surface area contributed by atoms with Gasteiger partial charge in [0.1, 0.15) is 12.2 Å². The Labute approximate surface area is 151 Å². The molecular weight excluding hydrogens is 356 g/mol. The van der Waals surface area contributed by atoms with Gasteiger partial charge in [-0.05, 0) is 6.07 Å². The van der Waals surface area contributed by atoms with Gasteiger partial charge in [-0.1, -0.05) is 18.2 Å². The van der Waals surface area contributed by atoms with E-state index in [2.05, 4.69) is 4.98 Å². The summed E-state index contributed by atoms with van der Waals surface area (Å²) in [6.45, 7) is 0.105. The maximum atomic E-state index is 12.5. The zero-order valence-corrected chi connectivity index (χ0v) is 14.6. The number of esters is 1. The molecule has 0 radical (unpaired) electrons. The van der Waals surface area contributed by atoms with Crippen LogP contribution in [0.2, 0.25) is 0 Å². The predicted molar refractivity (Wildman–Crippen MR) is 95.4 cm³/mol. The van der Waals surface area contributed by atoms with E-state index in [4.69, 9.17) is 13.9 Å². The first-order chi connectivity index (χ1) is 12.7. The Bertz CT molecular complexity index is 1160. The number of thiazole rings is 1. The van der Waals surface area contributed by atoms with Crippen molar-refractivity contribution in [3.05, 3.63) is 69.3 Å². The summed E-state index contributed by atoms with van der Waals surface area (Å²) >= 11 is 1.33. The van der Waals surface area contributed by atoms with E-state index >= 15 is 0 Å². The van der Waals surface area contributed by atoms with E-state index < -0.39 is 5.97 Å². The number of para-hydroxylation sites is 1. The van der Waals surface area contributed by atoms with E-state index in [0.717, 1.165) is 5.39 Å². The van der Waals surface area contributed by atoms with Gasteiger partial charge in [-0.25, -0.2) is 9.78 Å². The highest BCUT2D eigenvalue weighted by Gasteiger charge is 2.22. The smallest absolute Gasteiger partial charge is 0.375 e. The summed E-state index contributed by atoms with van der Waals surface area (Å²) in [7, 11) is 1.55. The first kappa shape index (κ1) is 16.5. The Kier molecular flexibility index (Phi) is 4.27. The quantitative estimate of drug-likeness (QED) is 0.502. The molecule has 0 aliphatic heterocycles. The van der Waals surface area contributed by atoms with Gasteiger partial charge in [-0.3, -0.25) is 9.20 Å². The summed E-state index contributed by atoms with van der Waals surface area (Å²) in [4.78, 5) is 29.3. The molecule has 8 heteroatoms. The van der Waals surface area contributed by atoms with Crippen LogP contribution >= 0.6 is 11.3 Å². The lowest BCUT2D eigenvalue weighted by Crippen LogP contribution is -2.15. The van der Waals surface area contributed by atoms with Crippen molar-refractivity contribution in [1.82, 2.24) is 9.38 Å². The second-order valence-corrected chi connectivity index (χ2v) is 6.43. The minimum atomic E-state index is -0.624. The molecule has 132 valence electrons. The molecule has 0 bridgehead atoms. The van der Waals surface area contributed by atoms with Crippen LogP contribution in [-0.4, -0.2) is 22.5 Å². The number of fused-ring (bicyclic) bond motifs is 2. The second kappa shape index (κ2) is 6.74. The molecule has 0 aliphatic carbocycles. The van der Waals surface area contributed by atoms with E-state index in [1.165, 1.54) is 21.8 Å². The normalized spacial score (nSPS) is 11.3. The number of furan rings is 1. The largest absolute Gasteiger partial charge is 0.453 e. The maximum absolute atomic E-state index is 12.5. The lowest BCUT2D eigenvalue weighted by Gasteiger charge is -2.04. The van der Waals surface area contributed by atoms with Crippen LogP contribution in [0.5, 0.6) is 0 Å². The average Bonchev–Trinajstić information content (AvgIpc) is 3.25. The molecule has 0 atom stereocenters. The van der Waals surface area contributed by atoms with Crippen molar-refractivity contribution in [2.45, 2.75) is 13.2 Å². The van der Waals surface area contributed by atoms with Crippen LogP contribution in [0, 0.1) is 0 Å². The monoisotopic (exact) mass is 370 g/mol. The molecule has 1 aromatic carbocycles. The van der Waals surface area contributed by atoms with Gasteiger partial charge >= 0.3 is 5.97 Å². The number of aromatic nitrogens is 2. The third-order valence-electron chi connectivity index (χ3n) is 3.88. The van der Waals surface area contributed by atoms with E-state index in [9.17, 15) is 9.59 Å². The van der Waals surface area contributed by atoms with Gasteiger partial charge in [-0.2, -0.15) is 0 Å². The van der Waals surface area contributed by atoms with Gasteiger partial charge in [0.05, 0.1) is 12.3 Å². The standard InChI is InChI=1S/C18H14N2O5S/c1-23-10-13-12-4-2-3-5-14(12)25-16(13)17(22)24-9-11-8-15(21)20-6-7-26-18(20)19-11/h2-8H,9-10H2,1H3. The Morgan fingerprint density at radius 2 is 2.15 bits per heavy atom. The molecule has 0 spiro atoms. The maximum Gasteiger partial charge on any atom is 0.375 e. The molecule has 0 fully saturated rings. The highest BCUT2D eigenvalue weighted by atomic mass is 32.1. The molecule has 0 N–H and O–H groups in total. The van der Waals surface area contributed by atoms with Crippen LogP contribution in [0.15, 0.2) is 51.1 Å². The first-order valence-corrected chi connectivity index (χ1v) is 8.67. The van der Waals surface area contributed by atoms with E-state index in [0.29, 0.717) is 21.8 Å². The van der Waals surface area contributed by atoms with Crippen molar-refractivity contribution in [3.63, 3.8) is 0 Å². The van der Waals surface area contributed by atoms with Gasteiger partial charge in [0.15, 0.2) is 4.96 Å². The van der Waals surface area contributed by atoms with E-state index in [1.807, 2.05) is 18.2 Å². The Hall–Kier alpha value is -2.97. The first-order valence-electron chi connectivity index (χ1n) is 7.79. The van der Waals surface area contributed by atoms with Crippen LogP contribution in [0.4, 0.5) is 0 Å². The topological polar surface area (TPSA) is 83.0 Å². The molecule has 4 aromatic rings. The number of carbonyl (C=O) groups is 1. The number of methoxy groups -OCH3 is 1. The van der Waals surface area contributed by atoms with Crippen molar-refractivity contribution in [2.75, 3.05) is 7.11 Å². The number of rotatable bonds is 5. The summed E-state index contributed by atoms with van der Waals surface area (Å²) in [5.74, 6) is -0.525. The number of hydrogen-bond donors (Lipinski definition) is 0. The lowest BCUT2D eigenvalue weighted by atomic mass is 10.1. The second-order valence-electron chi connectivity index (χ2n) is 5.56. The van der Waals surface area contributed by atoms with Gasteiger partial charge in [0, 0.05) is 35.7 Å². The fourth-order valence-corrected chi connectivity index (χ4v) is 3.46. The van der Waals surface area contributed by atoms with E-state index in [1.54, 1.807) is 24.8 Å². The SMILES string of the molecule is COCc1c(C(=O)OCc2cc(=O)n3ccsc3n2)oc2ccccc12. The molecule has 0 aliphatic rings. The Morgan fingerprint density at radius 3 is 3.00 bits per heavy atom. The van der Waals surface area contributed by atoms with Crippen LogP contribution in [0.3, 0.4) is 0 Å². The van der Waals surface area contributed by atoms with Crippen molar-refractivity contribution in [2.24, 2.45) is 0 Å². The lowest BCUT2D eigenvalue weighted by molar-refractivity contribution is 0.0427. The number of nitrogens with zero attached hydrogens (tertiary/aromatic N) is 2. The molecule has 0 amide bonds. The van der Waals surface area contributed by atoms with Crippen molar-refractivity contribution in [1.29, 1.82) is 0 Å². The molecule has 3 aromatic heterocycles. The molecule has 4 rings (SSSR count). The zero-order valence-electron chi connectivity index (χ0n) is 13.8. The minimum absolute atomic E-state index is 0.0990.